The van der Waals surface area contributed by atoms with Gasteiger partial charge in [-0.25, -0.2) is 8.42 Å². The largest absolute Gasteiger partial charge is 0.392 e. The third-order valence-corrected chi connectivity index (χ3v) is 4.42. The average Bonchev–Trinajstić information content (AvgIpc) is 2.74. The molecular weight excluding hydrogens is 216 g/mol. The Hall–Kier alpha value is -0.850. The molecule has 15 heavy (non-hydrogen) atoms. The summed E-state index contributed by atoms with van der Waals surface area (Å²) in [4.78, 5) is 0.291. The fraction of sp³-hybridized carbons (Fsp3) is 0.556. The molecule has 2 rings (SSSR count). The molecule has 2 heterocycles. The molecule has 0 amide bonds. The average molecular weight is 230 g/mol. The summed E-state index contributed by atoms with van der Waals surface area (Å²) >= 11 is 0. The first-order valence-corrected chi connectivity index (χ1v) is 6.24. The molecule has 0 bridgehead atoms. The van der Waals surface area contributed by atoms with Gasteiger partial charge < -0.3 is 9.67 Å². The van der Waals surface area contributed by atoms with Gasteiger partial charge in [0.05, 0.1) is 11.0 Å². The van der Waals surface area contributed by atoms with Crippen LogP contribution in [0.4, 0.5) is 0 Å². The van der Waals surface area contributed by atoms with E-state index in [9.17, 15) is 13.5 Å². The summed E-state index contributed by atoms with van der Waals surface area (Å²) < 4.78 is 27.0. The standard InChI is InChI=1S/C9H14N2O3S/c1-10-4-3-9(7-10)15(13,14)11-5-2-8(12)6-11/h3-4,7-8,12H,2,5-6H2,1H3. The molecule has 84 valence electrons. The van der Waals surface area contributed by atoms with Crippen LogP contribution < -0.4 is 0 Å². The molecule has 0 aliphatic carbocycles. The zero-order chi connectivity index (χ0) is 11.1. The van der Waals surface area contributed by atoms with Crippen molar-refractivity contribution in [2.75, 3.05) is 13.1 Å². The molecule has 1 fully saturated rings. The number of aliphatic hydroxyl groups excluding tert-OH is 1. The molecule has 6 heteroatoms. The number of aliphatic hydroxyl groups is 1. The van der Waals surface area contributed by atoms with Crippen LogP contribution in [0.2, 0.25) is 0 Å². The first-order chi connectivity index (χ1) is 7.00. The van der Waals surface area contributed by atoms with E-state index in [1.54, 1.807) is 30.1 Å². The monoisotopic (exact) mass is 230 g/mol. The van der Waals surface area contributed by atoms with Crippen molar-refractivity contribution in [2.24, 2.45) is 7.05 Å². The second-order valence-electron chi connectivity index (χ2n) is 3.82. The fourth-order valence-corrected chi connectivity index (χ4v) is 3.25. The molecule has 1 aromatic heterocycles. The van der Waals surface area contributed by atoms with Crippen molar-refractivity contribution in [1.29, 1.82) is 0 Å². The molecule has 1 N–H and O–H groups in total. The van der Waals surface area contributed by atoms with Crippen LogP contribution in [0.15, 0.2) is 23.4 Å². The van der Waals surface area contributed by atoms with E-state index in [0.717, 1.165) is 0 Å². The predicted molar refractivity (Wildman–Crippen MR) is 54.8 cm³/mol. The van der Waals surface area contributed by atoms with Gasteiger partial charge in [0, 0.05) is 32.5 Å². The summed E-state index contributed by atoms with van der Waals surface area (Å²) in [5, 5.41) is 9.30. The predicted octanol–water partition coefficient (Wildman–Crippen LogP) is -0.220. The molecule has 1 atom stereocenters. The Balaban J connectivity index is 2.27. The summed E-state index contributed by atoms with van der Waals surface area (Å²) in [7, 11) is -1.62. The van der Waals surface area contributed by atoms with E-state index in [1.807, 2.05) is 0 Å². The number of nitrogens with zero attached hydrogens (tertiary/aromatic N) is 2. The lowest BCUT2D eigenvalue weighted by Crippen LogP contribution is -2.29. The maximum Gasteiger partial charge on any atom is 0.244 e. The second kappa shape index (κ2) is 3.62. The minimum Gasteiger partial charge on any atom is -0.392 e. The molecule has 1 saturated heterocycles. The summed E-state index contributed by atoms with van der Waals surface area (Å²) in [5.41, 5.74) is 0. The number of β-amino-alcohol motifs (C(OH)–C–C–N with tert-alkyl or cyclic N) is 1. The van der Waals surface area contributed by atoms with Gasteiger partial charge in [0.2, 0.25) is 10.0 Å². The van der Waals surface area contributed by atoms with Crippen molar-refractivity contribution in [3.63, 3.8) is 0 Å². The minimum atomic E-state index is -3.40. The number of aromatic nitrogens is 1. The Morgan fingerprint density at radius 1 is 1.53 bits per heavy atom. The van der Waals surface area contributed by atoms with E-state index >= 15 is 0 Å². The van der Waals surface area contributed by atoms with Crippen LogP contribution in [-0.4, -0.2) is 41.6 Å². The van der Waals surface area contributed by atoms with E-state index in [0.29, 0.717) is 17.9 Å². The molecule has 0 aromatic carbocycles. The van der Waals surface area contributed by atoms with Gasteiger partial charge in [0.25, 0.3) is 0 Å². The zero-order valence-electron chi connectivity index (χ0n) is 8.50. The molecular formula is C9H14N2O3S. The van der Waals surface area contributed by atoms with Gasteiger partial charge >= 0.3 is 0 Å². The SMILES string of the molecule is Cn1ccc(S(=O)(=O)N2CCC(O)C2)c1. The first kappa shape index (κ1) is 10.7. The number of hydrogen-bond donors (Lipinski definition) is 1. The van der Waals surface area contributed by atoms with E-state index in [-0.39, 0.29) is 6.54 Å². The summed E-state index contributed by atoms with van der Waals surface area (Å²) in [6.07, 6.45) is 3.26. The van der Waals surface area contributed by atoms with Gasteiger partial charge in [-0.15, -0.1) is 0 Å². The normalized spacial score (nSPS) is 23.5. The van der Waals surface area contributed by atoms with Crippen molar-refractivity contribution in [3.05, 3.63) is 18.5 Å². The van der Waals surface area contributed by atoms with Crippen molar-refractivity contribution >= 4 is 10.0 Å². The number of hydrogen-bond acceptors (Lipinski definition) is 3. The number of sulfonamides is 1. The lowest BCUT2D eigenvalue weighted by molar-refractivity contribution is 0.189. The van der Waals surface area contributed by atoms with E-state index in [2.05, 4.69) is 0 Å². The van der Waals surface area contributed by atoms with E-state index in [4.69, 9.17) is 0 Å². The fourth-order valence-electron chi connectivity index (χ4n) is 1.71. The Morgan fingerprint density at radius 2 is 2.27 bits per heavy atom. The summed E-state index contributed by atoms with van der Waals surface area (Å²) in [6.45, 7) is 0.607. The van der Waals surface area contributed by atoms with Crippen LogP contribution in [0, 0.1) is 0 Å². The molecule has 1 unspecified atom stereocenters. The maximum absolute atomic E-state index is 12.0. The molecule has 1 aliphatic rings. The quantitative estimate of drug-likeness (QED) is 0.764. The third kappa shape index (κ3) is 1.92. The first-order valence-electron chi connectivity index (χ1n) is 4.80. The highest BCUT2D eigenvalue weighted by molar-refractivity contribution is 7.89. The van der Waals surface area contributed by atoms with Crippen molar-refractivity contribution in [3.8, 4) is 0 Å². The van der Waals surface area contributed by atoms with E-state index < -0.39 is 16.1 Å². The highest BCUT2D eigenvalue weighted by atomic mass is 32.2. The Morgan fingerprint density at radius 3 is 2.73 bits per heavy atom. The number of aryl methyl sites for hydroxylation is 1. The number of rotatable bonds is 2. The van der Waals surface area contributed by atoms with Crippen LogP contribution in [0.5, 0.6) is 0 Å². The van der Waals surface area contributed by atoms with E-state index in [1.165, 1.54) is 4.31 Å². The Labute approximate surface area is 89.0 Å². The lowest BCUT2D eigenvalue weighted by Gasteiger charge is -2.14. The van der Waals surface area contributed by atoms with Crippen LogP contribution in [-0.2, 0) is 17.1 Å². The summed E-state index contributed by atoms with van der Waals surface area (Å²) in [6, 6.07) is 1.57. The van der Waals surface area contributed by atoms with Gasteiger partial charge in [-0.3, -0.25) is 0 Å². The van der Waals surface area contributed by atoms with Gasteiger partial charge in [0.1, 0.15) is 0 Å². The van der Waals surface area contributed by atoms with Gasteiger partial charge in [-0.1, -0.05) is 0 Å². The third-order valence-electron chi connectivity index (χ3n) is 2.57. The van der Waals surface area contributed by atoms with Crippen molar-refractivity contribution < 1.29 is 13.5 Å². The van der Waals surface area contributed by atoms with Gasteiger partial charge in [-0.2, -0.15) is 4.31 Å². The second-order valence-corrected chi connectivity index (χ2v) is 5.76. The molecule has 5 nitrogen and oxygen atoms in total. The topological polar surface area (TPSA) is 62.5 Å². The van der Waals surface area contributed by atoms with Crippen LogP contribution in [0.1, 0.15) is 6.42 Å². The maximum atomic E-state index is 12.0. The highest BCUT2D eigenvalue weighted by Gasteiger charge is 2.31. The minimum absolute atomic E-state index is 0.206. The van der Waals surface area contributed by atoms with Gasteiger partial charge in [0.15, 0.2) is 0 Å². The zero-order valence-corrected chi connectivity index (χ0v) is 9.31. The molecule has 1 aromatic rings. The molecule has 0 saturated carbocycles. The smallest absolute Gasteiger partial charge is 0.244 e. The molecule has 0 radical (unpaired) electrons. The van der Waals surface area contributed by atoms with Gasteiger partial charge in [-0.05, 0) is 12.5 Å². The lowest BCUT2D eigenvalue weighted by atomic mass is 10.3. The van der Waals surface area contributed by atoms with Crippen molar-refractivity contribution in [2.45, 2.75) is 17.4 Å². The van der Waals surface area contributed by atoms with Crippen LogP contribution >= 0.6 is 0 Å². The summed E-state index contributed by atoms with van der Waals surface area (Å²) in [5.74, 6) is 0. The Bertz CT molecular complexity index is 452. The molecule has 0 spiro atoms. The van der Waals surface area contributed by atoms with Crippen LogP contribution in [0.25, 0.3) is 0 Å². The Kier molecular flexibility index (Phi) is 2.57. The highest BCUT2D eigenvalue weighted by Crippen LogP contribution is 2.20. The van der Waals surface area contributed by atoms with Crippen LogP contribution in [0.3, 0.4) is 0 Å². The van der Waals surface area contributed by atoms with Crippen molar-refractivity contribution in [1.82, 2.24) is 8.87 Å². The molecule has 1 aliphatic heterocycles.